The van der Waals surface area contributed by atoms with E-state index in [1.165, 1.54) is 6.20 Å². The van der Waals surface area contributed by atoms with Crippen molar-refractivity contribution in [1.82, 2.24) is 9.55 Å². The van der Waals surface area contributed by atoms with Gasteiger partial charge in [0.2, 0.25) is 0 Å². The van der Waals surface area contributed by atoms with Crippen LogP contribution >= 0.6 is 15.9 Å². The zero-order chi connectivity index (χ0) is 11.8. The van der Waals surface area contributed by atoms with Crippen molar-refractivity contribution in [3.8, 4) is 0 Å². The Labute approximate surface area is 103 Å². The molecular formula is C11H15BrN2O2. The molecule has 2 rings (SSSR count). The first-order valence-electron chi connectivity index (χ1n) is 5.36. The van der Waals surface area contributed by atoms with Crippen molar-refractivity contribution >= 4 is 15.9 Å². The molecular weight excluding hydrogens is 272 g/mol. The largest absolute Gasteiger partial charge is 0.370 e. The Bertz CT molecular complexity index is 442. The third-order valence-electron chi connectivity index (χ3n) is 2.81. The maximum atomic E-state index is 11.7. The van der Waals surface area contributed by atoms with E-state index in [1.54, 1.807) is 10.9 Å². The molecule has 0 aromatic carbocycles. The van der Waals surface area contributed by atoms with E-state index in [-0.39, 0.29) is 17.3 Å². The molecule has 0 aliphatic carbocycles. The number of aromatic nitrogens is 2. The second-order valence-electron chi connectivity index (χ2n) is 4.74. The Kier molecular flexibility index (Phi) is 3.17. The van der Waals surface area contributed by atoms with Gasteiger partial charge < -0.3 is 4.74 Å². The minimum absolute atomic E-state index is 0.0525. The Morgan fingerprint density at radius 2 is 2.44 bits per heavy atom. The standard InChI is InChI=1S/C11H15BrN2O2/c1-11(2)4-3-8(16-11)6-14-7-13-5-9(12)10(14)15/h5,7-8H,3-4,6H2,1-2H3. The summed E-state index contributed by atoms with van der Waals surface area (Å²) in [5.41, 5.74) is -0.114. The molecule has 1 fully saturated rings. The molecule has 1 unspecified atom stereocenters. The van der Waals surface area contributed by atoms with Crippen LogP contribution in [0.15, 0.2) is 21.8 Å². The van der Waals surface area contributed by atoms with Crippen LogP contribution in [0.1, 0.15) is 26.7 Å². The first-order chi connectivity index (χ1) is 7.48. The summed E-state index contributed by atoms with van der Waals surface area (Å²) in [5.74, 6) is 0. The van der Waals surface area contributed by atoms with Gasteiger partial charge in [-0.15, -0.1) is 0 Å². The summed E-state index contributed by atoms with van der Waals surface area (Å²) in [7, 11) is 0. The second kappa shape index (κ2) is 4.30. The summed E-state index contributed by atoms with van der Waals surface area (Å²) in [6.07, 6.45) is 5.21. The number of nitrogens with zero attached hydrogens (tertiary/aromatic N) is 2. The van der Waals surface area contributed by atoms with Gasteiger partial charge in [0.15, 0.2) is 0 Å². The average Bonchev–Trinajstić information content (AvgIpc) is 2.53. The van der Waals surface area contributed by atoms with Crippen LogP contribution < -0.4 is 5.56 Å². The van der Waals surface area contributed by atoms with Gasteiger partial charge in [0.1, 0.15) is 4.47 Å². The number of hydrogen-bond acceptors (Lipinski definition) is 3. The Balaban J connectivity index is 2.11. The maximum Gasteiger partial charge on any atom is 0.267 e. The van der Waals surface area contributed by atoms with Gasteiger partial charge in [-0.05, 0) is 42.6 Å². The fraction of sp³-hybridized carbons (Fsp3) is 0.636. The van der Waals surface area contributed by atoms with Crippen LogP contribution in [-0.2, 0) is 11.3 Å². The van der Waals surface area contributed by atoms with Gasteiger partial charge in [-0.3, -0.25) is 9.36 Å². The molecule has 88 valence electrons. The Hall–Kier alpha value is -0.680. The van der Waals surface area contributed by atoms with Gasteiger partial charge in [0.25, 0.3) is 5.56 Å². The predicted molar refractivity (Wildman–Crippen MR) is 64.4 cm³/mol. The topological polar surface area (TPSA) is 44.1 Å². The Morgan fingerprint density at radius 1 is 1.69 bits per heavy atom. The highest BCUT2D eigenvalue weighted by Crippen LogP contribution is 2.29. The van der Waals surface area contributed by atoms with E-state index in [0.29, 0.717) is 11.0 Å². The quantitative estimate of drug-likeness (QED) is 0.835. The molecule has 0 N–H and O–H groups in total. The van der Waals surface area contributed by atoms with Crippen molar-refractivity contribution in [2.45, 2.75) is 44.9 Å². The smallest absolute Gasteiger partial charge is 0.267 e. The molecule has 0 amide bonds. The van der Waals surface area contributed by atoms with Gasteiger partial charge >= 0.3 is 0 Å². The highest BCUT2D eigenvalue weighted by molar-refractivity contribution is 9.10. The van der Waals surface area contributed by atoms with Gasteiger partial charge in [-0.2, -0.15) is 0 Å². The zero-order valence-corrected chi connectivity index (χ0v) is 11.0. The average molecular weight is 287 g/mol. The van der Waals surface area contributed by atoms with Crippen molar-refractivity contribution in [2.75, 3.05) is 0 Å². The number of hydrogen-bond donors (Lipinski definition) is 0. The van der Waals surface area contributed by atoms with E-state index in [4.69, 9.17) is 4.74 Å². The fourth-order valence-corrected chi connectivity index (χ4v) is 2.33. The summed E-state index contributed by atoms with van der Waals surface area (Å²) in [6, 6.07) is 0. The lowest BCUT2D eigenvalue weighted by molar-refractivity contribution is -0.0221. The van der Waals surface area contributed by atoms with Gasteiger partial charge in [-0.25, -0.2) is 4.98 Å². The summed E-state index contributed by atoms with van der Waals surface area (Å²) in [5, 5.41) is 0. The number of rotatable bonds is 2. The summed E-state index contributed by atoms with van der Waals surface area (Å²) in [6.45, 7) is 4.73. The lowest BCUT2D eigenvalue weighted by atomic mass is 10.1. The van der Waals surface area contributed by atoms with Crippen molar-refractivity contribution in [3.05, 3.63) is 27.4 Å². The first-order valence-corrected chi connectivity index (χ1v) is 6.15. The van der Waals surface area contributed by atoms with Crippen molar-refractivity contribution in [3.63, 3.8) is 0 Å². The Morgan fingerprint density at radius 3 is 3.06 bits per heavy atom. The SMILES string of the molecule is CC1(C)CCC(Cn2cncc(Br)c2=O)O1. The van der Waals surface area contributed by atoms with E-state index in [2.05, 4.69) is 34.8 Å². The molecule has 1 atom stereocenters. The minimum Gasteiger partial charge on any atom is -0.370 e. The first kappa shape index (κ1) is 11.8. The number of halogens is 1. The van der Waals surface area contributed by atoms with Crippen LogP contribution in [0.25, 0.3) is 0 Å². The van der Waals surface area contributed by atoms with Crippen LogP contribution in [0.2, 0.25) is 0 Å². The highest BCUT2D eigenvalue weighted by Gasteiger charge is 2.31. The molecule has 0 spiro atoms. The van der Waals surface area contributed by atoms with Crippen molar-refractivity contribution in [2.24, 2.45) is 0 Å². The maximum absolute atomic E-state index is 11.7. The summed E-state index contributed by atoms with van der Waals surface area (Å²) < 4.78 is 7.93. The molecule has 1 saturated heterocycles. The molecule has 1 aliphatic heterocycles. The molecule has 1 aromatic heterocycles. The molecule has 2 heterocycles. The monoisotopic (exact) mass is 286 g/mol. The van der Waals surface area contributed by atoms with E-state index >= 15 is 0 Å². The van der Waals surface area contributed by atoms with E-state index in [1.807, 2.05) is 0 Å². The van der Waals surface area contributed by atoms with Crippen LogP contribution in [-0.4, -0.2) is 21.3 Å². The van der Waals surface area contributed by atoms with Crippen LogP contribution in [0.3, 0.4) is 0 Å². The van der Waals surface area contributed by atoms with E-state index in [9.17, 15) is 4.79 Å². The molecule has 4 nitrogen and oxygen atoms in total. The van der Waals surface area contributed by atoms with Crippen LogP contribution in [0, 0.1) is 0 Å². The lowest BCUT2D eigenvalue weighted by Gasteiger charge is -2.19. The normalized spacial score (nSPS) is 23.6. The minimum atomic E-state index is -0.0618. The predicted octanol–water partition coefficient (Wildman–Crippen LogP) is 1.96. The molecule has 1 aromatic rings. The molecule has 16 heavy (non-hydrogen) atoms. The molecule has 1 aliphatic rings. The molecule has 0 bridgehead atoms. The van der Waals surface area contributed by atoms with Crippen LogP contribution in [0.4, 0.5) is 0 Å². The van der Waals surface area contributed by atoms with Gasteiger partial charge in [0, 0.05) is 6.20 Å². The summed E-state index contributed by atoms with van der Waals surface area (Å²) in [4.78, 5) is 15.7. The molecule has 5 heteroatoms. The molecule has 0 saturated carbocycles. The fourth-order valence-electron chi connectivity index (χ4n) is 1.98. The molecule has 0 radical (unpaired) electrons. The van der Waals surface area contributed by atoms with Crippen LogP contribution in [0.5, 0.6) is 0 Å². The lowest BCUT2D eigenvalue weighted by Crippen LogP contribution is -2.29. The third-order valence-corrected chi connectivity index (χ3v) is 3.36. The highest BCUT2D eigenvalue weighted by atomic mass is 79.9. The van der Waals surface area contributed by atoms with Crippen molar-refractivity contribution in [1.29, 1.82) is 0 Å². The number of ether oxygens (including phenoxy) is 1. The van der Waals surface area contributed by atoms with Crippen molar-refractivity contribution < 1.29 is 4.74 Å². The zero-order valence-electron chi connectivity index (χ0n) is 9.44. The van der Waals surface area contributed by atoms with E-state index < -0.39 is 0 Å². The van der Waals surface area contributed by atoms with Gasteiger partial charge in [0.05, 0.1) is 24.6 Å². The third kappa shape index (κ3) is 2.52. The second-order valence-corrected chi connectivity index (χ2v) is 5.59. The summed E-state index contributed by atoms with van der Waals surface area (Å²) >= 11 is 3.18. The van der Waals surface area contributed by atoms with E-state index in [0.717, 1.165) is 12.8 Å². The van der Waals surface area contributed by atoms with Gasteiger partial charge in [-0.1, -0.05) is 0 Å².